The molecule has 6 heterocycles. The predicted octanol–water partition coefficient (Wildman–Crippen LogP) is 6.27. The van der Waals surface area contributed by atoms with Gasteiger partial charge in [0.2, 0.25) is 11.8 Å². The summed E-state index contributed by atoms with van der Waals surface area (Å²) in [6.07, 6.45) is 2.76. The predicted molar refractivity (Wildman–Crippen MR) is 316 cm³/mol. The van der Waals surface area contributed by atoms with Crippen LogP contribution in [0.3, 0.4) is 0 Å². The Labute approximate surface area is 476 Å². The average molecular weight is 1130 g/mol. The largest absolute Gasteiger partial charge is 0.508 e. The highest BCUT2D eigenvalue weighted by molar-refractivity contribution is 7.60. The number of nitrogens with one attached hydrogen (secondary N) is 2. The number of amides is 4. The number of phenols is 1. The summed E-state index contributed by atoms with van der Waals surface area (Å²) in [6.45, 7) is 14.8. The summed E-state index contributed by atoms with van der Waals surface area (Å²) in [5, 5.41) is 16.8. The van der Waals surface area contributed by atoms with Crippen LogP contribution in [0.25, 0.3) is 33.3 Å². The monoisotopic (exact) mass is 1130 g/mol. The first-order valence-electron chi connectivity index (χ1n) is 24.8. The Bertz CT molecular complexity index is 2650. The maximum absolute atomic E-state index is 14.8. The van der Waals surface area contributed by atoms with Crippen LogP contribution in [0.15, 0.2) is 54.7 Å². The molecule has 4 aliphatic rings. The number of nitrogens with zero attached hydrogens (tertiary/aromatic N) is 6. The van der Waals surface area contributed by atoms with E-state index in [0.717, 1.165) is 39.0 Å². The van der Waals surface area contributed by atoms with Gasteiger partial charge in [0.1, 0.15) is 30.0 Å². The van der Waals surface area contributed by atoms with E-state index in [1.165, 1.54) is 9.91 Å². The van der Waals surface area contributed by atoms with Gasteiger partial charge in [-0.25, -0.2) is 10.2 Å². The number of carbonyl (C=O) groups is 5. The summed E-state index contributed by atoms with van der Waals surface area (Å²) in [6, 6.07) is 12.5. The lowest BCUT2D eigenvalue weighted by molar-refractivity contribution is -0.155. The molecule has 5 atom stereocenters. The number of phenolic OH excluding ortho intramolecular Hbond substituents is 1. The van der Waals surface area contributed by atoms with Crippen molar-refractivity contribution in [3.63, 3.8) is 0 Å². The quantitative estimate of drug-likeness (QED) is 0.151. The average Bonchev–Trinajstić information content (AvgIpc) is 3.94. The standard InChI is InChI=1S/C53H70N8O9.5H2S/c1-10-60-44-16-15-34-25-40(44)41(47(60)39-13-11-18-54-45(39)32(4)68-9)26-53(5,6)30-69-51(66)42-14-12-19-61(56-42)50(65)43(23-33-21-36(34)24-37(62)22-33)55-48(63)46(31(2)3)58(8)49(64)35-17-20-59(27-35)52(67)70-38-28-57(7)29-38;;;;;/h11,13,15-16,18,21-22,24-25,31-32,35,38,42-43,46,56,62H,10,12,14,17,19-20,23,26-30H2,1-9H3,(H,55,63);5*1H2/t32-,35-,42-,43-,46-;;;;;/m0...../s1. The molecule has 416 valence electrons. The zero-order valence-electron chi connectivity index (χ0n) is 44.6. The maximum atomic E-state index is 14.8. The van der Waals surface area contributed by atoms with Gasteiger partial charge in [-0.3, -0.25) is 34.1 Å². The number of pyridine rings is 1. The van der Waals surface area contributed by atoms with E-state index in [-0.39, 0.29) is 123 Å². The second kappa shape index (κ2) is 27.3. The fraction of sp³-hybridized carbons (Fsp3) is 0.547. The zero-order chi connectivity index (χ0) is 50.2. The van der Waals surface area contributed by atoms with Crippen molar-refractivity contribution >= 4 is 108 Å². The van der Waals surface area contributed by atoms with E-state index in [2.05, 4.69) is 59.2 Å². The molecule has 0 aliphatic carbocycles. The third-order valence-electron chi connectivity index (χ3n) is 14.4. The lowest BCUT2D eigenvalue weighted by Gasteiger charge is -2.37. The maximum Gasteiger partial charge on any atom is 0.410 e. The number of rotatable bonds is 10. The highest BCUT2D eigenvalue weighted by atomic mass is 32.1. The molecule has 0 unspecified atom stereocenters. The van der Waals surface area contributed by atoms with Gasteiger partial charge in [0.25, 0.3) is 5.91 Å². The molecule has 8 rings (SSSR count). The van der Waals surface area contributed by atoms with Gasteiger partial charge < -0.3 is 39.0 Å². The Balaban J connectivity index is 0.00000296. The van der Waals surface area contributed by atoms with Gasteiger partial charge in [0.15, 0.2) is 0 Å². The smallest absolute Gasteiger partial charge is 0.410 e. The van der Waals surface area contributed by atoms with E-state index in [1.807, 2.05) is 46.0 Å². The second-order valence-electron chi connectivity index (χ2n) is 20.8. The second-order valence-corrected chi connectivity index (χ2v) is 20.8. The van der Waals surface area contributed by atoms with E-state index in [4.69, 9.17) is 19.2 Å². The topological polar surface area (TPSA) is 188 Å². The Kier molecular flexibility index (Phi) is 23.7. The van der Waals surface area contributed by atoms with E-state index >= 15 is 0 Å². The van der Waals surface area contributed by atoms with Crippen LogP contribution < -0.4 is 10.7 Å². The molecule has 22 heteroatoms. The molecule has 4 aliphatic heterocycles. The Hall–Kier alpha value is -4.29. The molecule has 17 nitrogen and oxygen atoms in total. The number of cyclic esters (lactones) is 1. The first-order chi connectivity index (χ1) is 33.4. The molecule has 2 aromatic carbocycles. The number of hydrogen-bond acceptors (Lipinski definition) is 12. The van der Waals surface area contributed by atoms with Crippen LogP contribution in [-0.4, -0.2) is 149 Å². The van der Waals surface area contributed by atoms with Gasteiger partial charge >= 0.3 is 12.1 Å². The van der Waals surface area contributed by atoms with Crippen LogP contribution in [0.5, 0.6) is 5.75 Å². The molecule has 6 bridgehead atoms. The lowest BCUT2D eigenvalue weighted by Crippen LogP contribution is -2.62. The summed E-state index contributed by atoms with van der Waals surface area (Å²) in [7, 11) is 5.21. The first-order valence-corrected chi connectivity index (χ1v) is 24.8. The van der Waals surface area contributed by atoms with Gasteiger partial charge in [0.05, 0.1) is 30.0 Å². The van der Waals surface area contributed by atoms with Gasteiger partial charge in [-0.15, -0.1) is 0 Å². The van der Waals surface area contributed by atoms with Crippen molar-refractivity contribution < 1.29 is 43.3 Å². The number of fused-ring (bicyclic) bond motifs is 6. The number of hydrogen-bond donors (Lipinski definition) is 3. The van der Waals surface area contributed by atoms with Crippen LogP contribution in [0.4, 0.5) is 4.79 Å². The third kappa shape index (κ3) is 14.3. The Morgan fingerprint density at radius 1 is 0.973 bits per heavy atom. The molecule has 3 N–H and O–H groups in total. The molecule has 4 aromatic rings. The Morgan fingerprint density at radius 2 is 1.69 bits per heavy atom. The minimum Gasteiger partial charge on any atom is -0.508 e. The highest BCUT2D eigenvalue weighted by Gasteiger charge is 2.41. The van der Waals surface area contributed by atoms with E-state index in [0.29, 0.717) is 63.0 Å². The number of aromatic nitrogens is 2. The van der Waals surface area contributed by atoms with Crippen LogP contribution in [0.1, 0.15) is 83.7 Å². The normalized spacial score (nSPS) is 20.5. The van der Waals surface area contributed by atoms with Crippen molar-refractivity contribution in [2.24, 2.45) is 17.3 Å². The number of aromatic hydroxyl groups is 1. The number of esters is 1. The molecule has 0 spiro atoms. The number of carbonyl (C=O) groups excluding carboxylic acids is 5. The molecule has 4 amide bonds. The molecule has 2 aromatic heterocycles. The van der Waals surface area contributed by atoms with Crippen molar-refractivity contribution in [1.29, 1.82) is 0 Å². The lowest BCUT2D eigenvalue weighted by atomic mass is 9.84. The molecule has 0 saturated carbocycles. The number of ether oxygens (including phenoxy) is 3. The number of likely N-dealkylation sites (N-methyl/N-ethyl adjacent to an activating group) is 2. The molecule has 75 heavy (non-hydrogen) atoms. The van der Waals surface area contributed by atoms with Crippen molar-refractivity contribution in [2.75, 3.05) is 60.5 Å². The van der Waals surface area contributed by atoms with E-state index < -0.39 is 53.3 Å². The van der Waals surface area contributed by atoms with Crippen LogP contribution in [-0.2, 0) is 52.8 Å². The minimum atomic E-state index is -1.17. The summed E-state index contributed by atoms with van der Waals surface area (Å²) in [5.41, 5.74) is 9.52. The zero-order valence-corrected chi connectivity index (χ0v) is 49.6. The molecule has 3 saturated heterocycles. The van der Waals surface area contributed by atoms with E-state index in [1.54, 1.807) is 37.4 Å². The molecular formula is C53H80N8O9S5. The minimum absolute atomic E-state index is 0. The van der Waals surface area contributed by atoms with Crippen molar-refractivity contribution in [1.82, 2.24) is 40.0 Å². The summed E-state index contributed by atoms with van der Waals surface area (Å²) >= 11 is 0. The van der Waals surface area contributed by atoms with Gasteiger partial charge in [-0.1, -0.05) is 39.8 Å². The highest BCUT2D eigenvalue weighted by Crippen LogP contribution is 2.42. The van der Waals surface area contributed by atoms with E-state index in [9.17, 15) is 29.1 Å². The molecule has 3 fully saturated rings. The molecular weight excluding hydrogens is 1050 g/mol. The fourth-order valence-corrected chi connectivity index (χ4v) is 10.7. The van der Waals surface area contributed by atoms with Crippen LogP contribution in [0.2, 0.25) is 0 Å². The SMILES string of the molecule is CCn1c(-c2cccnc2[C@H](C)OC)c2c3cc(ccc31)-c1cc(O)cc(c1)C[C@H](NC(=O)[C@H](C(C)C)N(C)C(=O)[C@H]1CCN(C(=O)OC3CN(C)C3)C1)C(=O)N1CCC[C@H](N1)C(=O)OCC(C)(C)C2.S.S.S.S.S. The van der Waals surface area contributed by atoms with Crippen molar-refractivity contribution in [2.45, 2.75) is 111 Å². The van der Waals surface area contributed by atoms with Crippen LogP contribution >= 0.6 is 67.5 Å². The molecule has 0 radical (unpaired) electrons. The first kappa shape index (κ1) is 65.0. The van der Waals surface area contributed by atoms with Crippen molar-refractivity contribution in [3.8, 4) is 28.1 Å². The number of likely N-dealkylation sites (tertiary alicyclic amines) is 2. The summed E-state index contributed by atoms with van der Waals surface area (Å²) in [5.74, 6) is -2.68. The fourth-order valence-electron chi connectivity index (χ4n) is 10.7. The van der Waals surface area contributed by atoms with Crippen LogP contribution in [0, 0.1) is 17.3 Å². The van der Waals surface area contributed by atoms with Gasteiger partial charge in [-0.05, 0) is 111 Å². The van der Waals surface area contributed by atoms with Gasteiger partial charge in [0, 0.05) is 87.9 Å². The van der Waals surface area contributed by atoms with Gasteiger partial charge in [-0.2, -0.15) is 67.5 Å². The number of aryl methyl sites for hydroxylation is 1. The van der Waals surface area contributed by atoms with Crippen molar-refractivity contribution in [3.05, 3.63) is 71.5 Å². The number of benzene rings is 2. The third-order valence-corrected chi connectivity index (χ3v) is 14.4. The summed E-state index contributed by atoms with van der Waals surface area (Å²) in [4.78, 5) is 80.3. The summed E-state index contributed by atoms with van der Waals surface area (Å²) < 4.78 is 19.9. The number of methoxy groups -OCH3 is 1. The number of hydrazine groups is 1. The Morgan fingerprint density at radius 3 is 2.36 bits per heavy atom.